The highest BCUT2D eigenvalue weighted by atomic mass is 16.6. The third kappa shape index (κ3) is 1.87. The van der Waals surface area contributed by atoms with Crippen molar-refractivity contribution in [3.63, 3.8) is 0 Å². The number of hydrogen-bond acceptors (Lipinski definition) is 3. The molecule has 20 heavy (non-hydrogen) atoms. The van der Waals surface area contributed by atoms with Gasteiger partial charge in [-0.1, -0.05) is 30.7 Å². The molecule has 0 N–H and O–H groups in total. The van der Waals surface area contributed by atoms with Crippen molar-refractivity contribution in [2.24, 2.45) is 5.92 Å². The molecule has 0 aromatic heterocycles. The maximum Gasteiger partial charge on any atom is 0.324 e. The zero-order valence-electron chi connectivity index (χ0n) is 11.8. The lowest BCUT2D eigenvalue weighted by Crippen LogP contribution is -2.46. The number of carbonyl (C=O) groups is 1. The van der Waals surface area contributed by atoms with Crippen LogP contribution in [0.4, 0.5) is 0 Å². The molecule has 0 spiro atoms. The van der Waals surface area contributed by atoms with Crippen molar-refractivity contribution in [2.75, 3.05) is 13.1 Å². The number of hydrogen-bond donors (Lipinski definition) is 0. The summed E-state index contributed by atoms with van der Waals surface area (Å²) >= 11 is 0. The summed E-state index contributed by atoms with van der Waals surface area (Å²) in [6.07, 6.45) is 5.90. The number of rotatable bonds is 1. The number of fused-ring (bicyclic) bond motifs is 3. The molecule has 2 fully saturated rings. The van der Waals surface area contributed by atoms with Crippen LogP contribution < -0.4 is 0 Å². The number of esters is 1. The maximum atomic E-state index is 12.4. The Bertz CT molecular complexity index is 521. The second kappa shape index (κ2) is 4.88. The van der Waals surface area contributed by atoms with Gasteiger partial charge in [-0.25, -0.2) is 0 Å². The number of carbonyl (C=O) groups excluding carboxylic acids is 1. The molecule has 2 heterocycles. The quantitative estimate of drug-likeness (QED) is 0.736. The number of aryl methyl sites for hydroxylation is 1. The molecular formula is C17H21NO2. The predicted octanol–water partition coefficient (Wildman–Crippen LogP) is 2.70. The van der Waals surface area contributed by atoms with Gasteiger partial charge in [-0.15, -0.1) is 0 Å². The summed E-state index contributed by atoms with van der Waals surface area (Å²) in [5.41, 5.74) is 2.61. The summed E-state index contributed by atoms with van der Waals surface area (Å²) in [7, 11) is 0. The Morgan fingerprint density at radius 2 is 1.90 bits per heavy atom. The van der Waals surface area contributed by atoms with Crippen LogP contribution in [0.3, 0.4) is 0 Å². The predicted molar refractivity (Wildman–Crippen MR) is 76.3 cm³/mol. The second-order valence-electron chi connectivity index (χ2n) is 6.30. The Hall–Kier alpha value is -1.35. The Morgan fingerprint density at radius 1 is 1.10 bits per heavy atom. The normalized spacial score (nSPS) is 33.4. The van der Waals surface area contributed by atoms with E-state index < -0.39 is 0 Å². The molecule has 3 aliphatic rings. The van der Waals surface area contributed by atoms with Crippen molar-refractivity contribution in [3.05, 3.63) is 35.4 Å². The van der Waals surface area contributed by atoms with E-state index in [0.717, 1.165) is 25.9 Å². The lowest BCUT2D eigenvalue weighted by atomic mass is 9.78. The molecule has 3 nitrogen and oxygen atoms in total. The minimum Gasteiger partial charge on any atom is -0.456 e. The average Bonchev–Trinajstić information content (AvgIpc) is 2.84. The molecule has 3 heteroatoms. The van der Waals surface area contributed by atoms with Crippen LogP contribution >= 0.6 is 0 Å². The van der Waals surface area contributed by atoms with Crippen molar-refractivity contribution in [3.8, 4) is 0 Å². The van der Waals surface area contributed by atoms with Crippen LogP contribution in [0.5, 0.6) is 0 Å². The Kier molecular flexibility index (Phi) is 3.03. The summed E-state index contributed by atoms with van der Waals surface area (Å²) in [4.78, 5) is 14.8. The van der Waals surface area contributed by atoms with Gasteiger partial charge in [0.05, 0.1) is 0 Å². The van der Waals surface area contributed by atoms with Gasteiger partial charge in [0.1, 0.15) is 12.1 Å². The smallest absolute Gasteiger partial charge is 0.324 e. The van der Waals surface area contributed by atoms with Gasteiger partial charge in [0.2, 0.25) is 0 Å². The lowest BCUT2D eigenvalue weighted by molar-refractivity contribution is -0.145. The molecule has 2 saturated heterocycles. The first-order valence-corrected chi connectivity index (χ1v) is 7.87. The van der Waals surface area contributed by atoms with Gasteiger partial charge in [0.15, 0.2) is 0 Å². The van der Waals surface area contributed by atoms with E-state index in [1.165, 1.54) is 30.4 Å². The minimum absolute atomic E-state index is 0.000577. The van der Waals surface area contributed by atoms with E-state index in [9.17, 15) is 4.79 Å². The molecular weight excluding hydrogens is 250 g/mol. The third-order valence-corrected chi connectivity index (χ3v) is 5.17. The van der Waals surface area contributed by atoms with Crippen LogP contribution in [0.2, 0.25) is 0 Å². The van der Waals surface area contributed by atoms with E-state index in [1.807, 2.05) is 0 Å². The number of nitrogens with zero attached hydrogens (tertiary/aromatic N) is 1. The van der Waals surface area contributed by atoms with Gasteiger partial charge in [0.25, 0.3) is 0 Å². The van der Waals surface area contributed by atoms with E-state index in [2.05, 4.69) is 29.2 Å². The minimum atomic E-state index is -0.000577. The van der Waals surface area contributed by atoms with Gasteiger partial charge >= 0.3 is 5.97 Å². The molecule has 0 radical (unpaired) electrons. The fourth-order valence-electron chi connectivity index (χ4n) is 4.20. The third-order valence-electron chi connectivity index (χ3n) is 5.17. The van der Waals surface area contributed by atoms with Crippen molar-refractivity contribution >= 4 is 5.97 Å². The van der Waals surface area contributed by atoms with Gasteiger partial charge in [-0.05, 0) is 49.9 Å². The first kappa shape index (κ1) is 12.4. The summed E-state index contributed by atoms with van der Waals surface area (Å²) < 4.78 is 5.78. The van der Waals surface area contributed by atoms with Crippen molar-refractivity contribution < 1.29 is 9.53 Å². The first-order valence-electron chi connectivity index (χ1n) is 7.87. The Labute approximate surface area is 119 Å². The molecule has 3 atom stereocenters. The monoisotopic (exact) mass is 271 g/mol. The number of piperidine rings is 1. The van der Waals surface area contributed by atoms with Crippen LogP contribution in [0.25, 0.3) is 0 Å². The van der Waals surface area contributed by atoms with Crippen LogP contribution in [0, 0.1) is 5.92 Å². The van der Waals surface area contributed by atoms with Crippen LogP contribution in [0.15, 0.2) is 24.3 Å². The summed E-state index contributed by atoms with van der Waals surface area (Å²) in [6.45, 7) is 2.12. The lowest BCUT2D eigenvalue weighted by Gasteiger charge is -2.35. The number of ether oxygens (including phenoxy) is 1. The Balaban J connectivity index is 1.64. The second-order valence-corrected chi connectivity index (χ2v) is 6.30. The maximum absolute atomic E-state index is 12.4. The van der Waals surface area contributed by atoms with Crippen LogP contribution in [-0.4, -0.2) is 30.0 Å². The SMILES string of the molecule is O=C1O[C@H]2c3ccccc3CC[C@H]2[C@H]1N1CCCCC1. The van der Waals surface area contributed by atoms with E-state index in [-0.39, 0.29) is 18.1 Å². The molecule has 0 bridgehead atoms. The van der Waals surface area contributed by atoms with E-state index in [1.54, 1.807) is 0 Å². The fourth-order valence-corrected chi connectivity index (χ4v) is 4.20. The Morgan fingerprint density at radius 3 is 2.75 bits per heavy atom. The molecule has 1 aromatic rings. The van der Waals surface area contributed by atoms with Crippen LogP contribution in [-0.2, 0) is 16.0 Å². The standard InChI is InChI=1S/C17H21NO2/c19-17-15(18-10-4-1-5-11-18)14-9-8-12-6-2-3-7-13(12)16(14)20-17/h2-3,6-7,14-16H,1,4-5,8-11H2/t14-,15+,16-/m0/s1. The van der Waals surface area contributed by atoms with Crippen LogP contribution in [0.1, 0.15) is 42.9 Å². The summed E-state index contributed by atoms with van der Waals surface area (Å²) in [5.74, 6) is 0.370. The summed E-state index contributed by atoms with van der Waals surface area (Å²) in [5, 5.41) is 0. The van der Waals surface area contributed by atoms with Gasteiger partial charge in [-0.3, -0.25) is 9.69 Å². The van der Waals surface area contributed by atoms with Crippen molar-refractivity contribution in [1.82, 2.24) is 4.90 Å². The number of likely N-dealkylation sites (tertiary alicyclic amines) is 1. The number of benzene rings is 1. The zero-order chi connectivity index (χ0) is 13.5. The van der Waals surface area contributed by atoms with Crippen molar-refractivity contribution in [1.29, 1.82) is 0 Å². The molecule has 2 aliphatic heterocycles. The molecule has 1 aromatic carbocycles. The highest BCUT2D eigenvalue weighted by molar-refractivity contribution is 5.79. The largest absolute Gasteiger partial charge is 0.456 e. The molecule has 0 saturated carbocycles. The molecule has 1 aliphatic carbocycles. The first-order chi connectivity index (χ1) is 9.84. The van der Waals surface area contributed by atoms with Gasteiger partial charge in [-0.2, -0.15) is 0 Å². The van der Waals surface area contributed by atoms with E-state index in [4.69, 9.17) is 4.74 Å². The molecule has 106 valence electrons. The van der Waals surface area contributed by atoms with E-state index >= 15 is 0 Å². The van der Waals surface area contributed by atoms with Crippen molar-refractivity contribution in [2.45, 2.75) is 44.2 Å². The molecule has 4 rings (SSSR count). The highest BCUT2D eigenvalue weighted by Crippen LogP contribution is 2.45. The van der Waals surface area contributed by atoms with Gasteiger partial charge in [0, 0.05) is 5.92 Å². The zero-order valence-corrected chi connectivity index (χ0v) is 11.8. The average molecular weight is 271 g/mol. The molecule has 0 amide bonds. The highest BCUT2D eigenvalue weighted by Gasteiger charge is 2.49. The topological polar surface area (TPSA) is 29.5 Å². The van der Waals surface area contributed by atoms with Gasteiger partial charge < -0.3 is 4.74 Å². The van der Waals surface area contributed by atoms with E-state index in [0.29, 0.717) is 5.92 Å². The molecule has 0 unspecified atom stereocenters. The summed E-state index contributed by atoms with van der Waals surface area (Å²) in [6, 6.07) is 8.46. The fraction of sp³-hybridized carbons (Fsp3) is 0.588.